The normalized spacial score (nSPS) is 28.3. The van der Waals surface area contributed by atoms with Crippen LogP contribution in [0.25, 0.3) is 0 Å². The second kappa shape index (κ2) is 6.16. The van der Waals surface area contributed by atoms with Gasteiger partial charge in [-0.25, -0.2) is 0 Å². The third-order valence-electron chi connectivity index (χ3n) is 5.20. The first kappa shape index (κ1) is 15.6. The van der Waals surface area contributed by atoms with Crippen molar-refractivity contribution >= 4 is 17.2 Å². The maximum atomic E-state index is 12.7. The molecule has 1 atom stereocenters. The first-order chi connectivity index (χ1) is 11.1. The Morgan fingerprint density at radius 2 is 2.13 bits per heavy atom. The highest BCUT2D eigenvalue weighted by molar-refractivity contribution is 7.14. The molecule has 0 aromatic carbocycles. The van der Waals surface area contributed by atoms with Gasteiger partial charge in [0, 0.05) is 31.1 Å². The molecular weight excluding hydrogens is 312 g/mol. The zero-order chi connectivity index (χ0) is 15.9. The number of fused-ring (bicyclic) bond motifs is 1. The Morgan fingerprint density at radius 3 is 2.91 bits per heavy atom. The lowest BCUT2D eigenvalue weighted by molar-refractivity contribution is -0.0257. The predicted molar refractivity (Wildman–Crippen MR) is 89.1 cm³/mol. The monoisotopic (exact) mass is 336 g/mol. The number of ether oxygens (including phenoxy) is 1. The van der Waals surface area contributed by atoms with E-state index >= 15 is 0 Å². The van der Waals surface area contributed by atoms with E-state index in [1.54, 1.807) is 11.3 Å². The molecule has 1 N–H and O–H groups in total. The highest BCUT2D eigenvalue weighted by Crippen LogP contribution is 2.32. The van der Waals surface area contributed by atoms with Crippen LogP contribution in [-0.4, -0.2) is 72.4 Å². The summed E-state index contributed by atoms with van der Waals surface area (Å²) >= 11 is 1.65. The molecule has 4 rings (SSSR count). The molecule has 0 unspecified atom stereocenters. The third kappa shape index (κ3) is 3.18. The van der Waals surface area contributed by atoms with Crippen molar-refractivity contribution in [3.05, 3.63) is 21.4 Å². The number of amides is 1. The number of carbonyl (C=O) groups is 1. The highest BCUT2D eigenvalue weighted by atomic mass is 32.1. The van der Waals surface area contributed by atoms with Crippen LogP contribution in [0.4, 0.5) is 0 Å². The van der Waals surface area contributed by atoms with Gasteiger partial charge in [-0.1, -0.05) is 0 Å². The molecule has 1 aliphatic carbocycles. The van der Waals surface area contributed by atoms with E-state index in [-0.39, 0.29) is 5.91 Å². The average Bonchev–Trinajstić information content (AvgIpc) is 3.22. The molecular formula is C17H24N2O3S. The number of β-amino-alcohol motifs (C(OH)–C–C–N with tert-alkyl or cyclic N) is 1. The van der Waals surface area contributed by atoms with Gasteiger partial charge in [-0.2, -0.15) is 0 Å². The number of morpholine rings is 1. The molecule has 2 saturated heterocycles. The van der Waals surface area contributed by atoms with Crippen LogP contribution in [0.5, 0.6) is 0 Å². The number of aliphatic hydroxyl groups is 1. The number of hydrogen-bond acceptors (Lipinski definition) is 5. The maximum absolute atomic E-state index is 12.7. The third-order valence-corrected chi connectivity index (χ3v) is 6.42. The van der Waals surface area contributed by atoms with Gasteiger partial charge >= 0.3 is 0 Å². The first-order valence-electron chi connectivity index (χ1n) is 8.56. The summed E-state index contributed by atoms with van der Waals surface area (Å²) in [6.45, 7) is 4.95. The standard InChI is InChI=1S/C17H24N2O3S/c20-16(15-10-13-2-1-3-14(13)23-15)19-5-4-17(21,12-19)11-18-6-8-22-9-7-18/h10,21H,1-9,11-12H2/t17-/m0/s1. The lowest BCUT2D eigenvalue weighted by Gasteiger charge is -2.33. The Hall–Kier alpha value is -0.950. The van der Waals surface area contributed by atoms with Crippen LogP contribution in [0.3, 0.4) is 0 Å². The fourth-order valence-electron chi connectivity index (χ4n) is 3.92. The molecule has 2 fully saturated rings. The van der Waals surface area contributed by atoms with E-state index in [9.17, 15) is 9.90 Å². The molecule has 1 aromatic heterocycles. The highest BCUT2D eigenvalue weighted by Gasteiger charge is 2.40. The van der Waals surface area contributed by atoms with Crippen molar-refractivity contribution in [1.29, 1.82) is 0 Å². The Morgan fingerprint density at radius 1 is 1.30 bits per heavy atom. The lowest BCUT2D eigenvalue weighted by atomic mass is 10.0. The fourth-order valence-corrected chi connectivity index (χ4v) is 5.15. The minimum absolute atomic E-state index is 0.0994. The maximum Gasteiger partial charge on any atom is 0.264 e. The van der Waals surface area contributed by atoms with Gasteiger partial charge in [-0.15, -0.1) is 11.3 Å². The van der Waals surface area contributed by atoms with Gasteiger partial charge in [-0.3, -0.25) is 9.69 Å². The Labute approximate surface area is 140 Å². The number of hydrogen-bond donors (Lipinski definition) is 1. The van der Waals surface area contributed by atoms with Crippen LogP contribution in [0.15, 0.2) is 6.07 Å². The SMILES string of the molecule is O=C(c1cc2c(s1)CCC2)N1CC[C@](O)(CN2CCOCC2)C1. The predicted octanol–water partition coefficient (Wildman–Crippen LogP) is 1.15. The van der Waals surface area contributed by atoms with E-state index in [1.165, 1.54) is 16.9 Å². The molecule has 0 bridgehead atoms. The Kier molecular flexibility index (Phi) is 4.17. The van der Waals surface area contributed by atoms with Gasteiger partial charge in [0.25, 0.3) is 5.91 Å². The number of likely N-dealkylation sites (tertiary alicyclic amines) is 1. The van der Waals surface area contributed by atoms with Crippen molar-refractivity contribution in [2.75, 3.05) is 45.9 Å². The Bertz CT molecular complexity index is 575. The van der Waals surface area contributed by atoms with Crippen molar-refractivity contribution in [1.82, 2.24) is 9.80 Å². The van der Waals surface area contributed by atoms with E-state index in [0.717, 1.165) is 44.0 Å². The summed E-state index contributed by atoms with van der Waals surface area (Å²) in [5.74, 6) is 0.0994. The van der Waals surface area contributed by atoms with Gasteiger partial charge in [0.1, 0.15) is 0 Å². The molecule has 1 amide bonds. The molecule has 6 heteroatoms. The number of rotatable bonds is 3. The van der Waals surface area contributed by atoms with Crippen LogP contribution < -0.4 is 0 Å². The number of thiophene rings is 1. The average molecular weight is 336 g/mol. The zero-order valence-corrected chi connectivity index (χ0v) is 14.2. The molecule has 5 nitrogen and oxygen atoms in total. The molecule has 1 aromatic rings. The molecule has 23 heavy (non-hydrogen) atoms. The van der Waals surface area contributed by atoms with Gasteiger partial charge < -0.3 is 14.7 Å². The van der Waals surface area contributed by atoms with Gasteiger partial charge in [-0.05, 0) is 37.3 Å². The van der Waals surface area contributed by atoms with Crippen LogP contribution in [-0.2, 0) is 17.6 Å². The summed E-state index contributed by atoms with van der Waals surface area (Å²) in [6.07, 6.45) is 4.12. The molecule has 3 aliphatic rings. The summed E-state index contributed by atoms with van der Waals surface area (Å²) < 4.78 is 5.36. The molecule has 3 heterocycles. The lowest BCUT2D eigenvalue weighted by Crippen LogP contribution is -2.49. The summed E-state index contributed by atoms with van der Waals surface area (Å²) in [6, 6.07) is 2.08. The second-order valence-electron chi connectivity index (χ2n) is 7.00. The molecule has 2 aliphatic heterocycles. The van der Waals surface area contributed by atoms with Crippen molar-refractivity contribution in [2.45, 2.75) is 31.3 Å². The van der Waals surface area contributed by atoms with Gasteiger partial charge in [0.2, 0.25) is 0 Å². The van der Waals surface area contributed by atoms with Crippen molar-refractivity contribution < 1.29 is 14.6 Å². The van der Waals surface area contributed by atoms with Crippen molar-refractivity contribution in [2.24, 2.45) is 0 Å². The van der Waals surface area contributed by atoms with Gasteiger partial charge in [0.05, 0.1) is 30.2 Å². The topological polar surface area (TPSA) is 53.0 Å². The molecule has 0 saturated carbocycles. The summed E-state index contributed by atoms with van der Waals surface area (Å²) in [4.78, 5) is 19.0. The summed E-state index contributed by atoms with van der Waals surface area (Å²) in [5.41, 5.74) is 0.591. The minimum Gasteiger partial charge on any atom is -0.387 e. The molecule has 126 valence electrons. The van der Waals surface area contributed by atoms with Crippen molar-refractivity contribution in [3.8, 4) is 0 Å². The van der Waals surface area contributed by atoms with E-state index in [0.29, 0.717) is 26.1 Å². The number of carbonyl (C=O) groups excluding carboxylic acids is 1. The van der Waals surface area contributed by atoms with Crippen molar-refractivity contribution in [3.63, 3.8) is 0 Å². The molecule has 0 radical (unpaired) electrons. The van der Waals surface area contributed by atoms with Crippen LogP contribution in [0.2, 0.25) is 0 Å². The number of nitrogens with zero attached hydrogens (tertiary/aromatic N) is 2. The van der Waals surface area contributed by atoms with E-state index in [1.807, 2.05) is 4.90 Å². The largest absolute Gasteiger partial charge is 0.387 e. The quantitative estimate of drug-likeness (QED) is 0.900. The van der Waals surface area contributed by atoms with E-state index in [2.05, 4.69) is 11.0 Å². The number of aryl methyl sites for hydroxylation is 2. The first-order valence-corrected chi connectivity index (χ1v) is 9.38. The zero-order valence-electron chi connectivity index (χ0n) is 13.4. The minimum atomic E-state index is -0.771. The summed E-state index contributed by atoms with van der Waals surface area (Å²) in [7, 11) is 0. The van der Waals surface area contributed by atoms with Crippen LogP contribution >= 0.6 is 11.3 Å². The van der Waals surface area contributed by atoms with E-state index < -0.39 is 5.60 Å². The molecule has 0 spiro atoms. The smallest absolute Gasteiger partial charge is 0.264 e. The fraction of sp³-hybridized carbons (Fsp3) is 0.706. The second-order valence-corrected chi connectivity index (χ2v) is 8.14. The van der Waals surface area contributed by atoms with Crippen LogP contribution in [0, 0.1) is 0 Å². The van der Waals surface area contributed by atoms with E-state index in [4.69, 9.17) is 4.74 Å². The van der Waals surface area contributed by atoms with Gasteiger partial charge in [0.15, 0.2) is 0 Å². The van der Waals surface area contributed by atoms with Crippen LogP contribution in [0.1, 0.15) is 33.0 Å². The Balaban J connectivity index is 1.39. The summed E-state index contributed by atoms with van der Waals surface area (Å²) in [5, 5.41) is 10.9.